The van der Waals surface area contributed by atoms with Gasteiger partial charge in [-0.15, -0.1) is 0 Å². The number of nitrogens with zero attached hydrogens (tertiary/aromatic N) is 1. The SMILES string of the molecule is COCc1ccc(CNC(=O)N2CCCCC2CCO)cc1. The van der Waals surface area contributed by atoms with Crippen LogP contribution in [0.4, 0.5) is 4.79 Å². The number of aliphatic hydroxyl groups is 1. The van der Waals surface area contributed by atoms with Crippen molar-refractivity contribution in [3.05, 3.63) is 35.4 Å². The molecule has 1 aromatic carbocycles. The number of benzene rings is 1. The van der Waals surface area contributed by atoms with E-state index in [1.807, 2.05) is 29.2 Å². The molecule has 2 rings (SSSR count). The summed E-state index contributed by atoms with van der Waals surface area (Å²) in [4.78, 5) is 14.2. The van der Waals surface area contributed by atoms with Crippen LogP contribution in [-0.2, 0) is 17.9 Å². The number of hydrogen-bond acceptors (Lipinski definition) is 3. The Bertz CT molecular complexity index is 459. The number of hydrogen-bond donors (Lipinski definition) is 2. The number of amides is 2. The van der Waals surface area contributed by atoms with Crippen molar-refractivity contribution in [3.63, 3.8) is 0 Å². The van der Waals surface area contributed by atoms with Gasteiger partial charge in [-0.05, 0) is 36.8 Å². The number of methoxy groups -OCH3 is 1. The van der Waals surface area contributed by atoms with Crippen LogP contribution in [0.15, 0.2) is 24.3 Å². The fourth-order valence-electron chi connectivity index (χ4n) is 2.92. The minimum absolute atomic E-state index is 0.0286. The van der Waals surface area contributed by atoms with Gasteiger partial charge in [0.05, 0.1) is 6.61 Å². The first-order valence-corrected chi connectivity index (χ1v) is 7.96. The third kappa shape index (κ3) is 4.71. The second-order valence-corrected chi connectivity index (χ2v) is 5.76. The predicted octanol–water partition coefficient (Wildman–Crippen LogP) is 2.28. The van der Waals surface area contributed by atoms with E-state index >= 15 is 0 Å². The van der Waals surface area contributed by atoms with Crippen LogP contribution in [-0.4, -0.2) is 42.3 Å². The van der Waals surface area contributed by atoms with Gasteiger partial charge in [0.1, 0.15) is 0 Å². The van der Waals surface area contributed by atoms with Gasteiger partial charge >= 0.3 is 6.03 Å². The maximum Gasteiger partial charge on any atom is 0.317 e. The zero-order valence-electron chi connectivity index (χ0n) is 13.3. The number of carbonyl (C=O) groups is 1. The molecule has 1 saturated heterocycles. The lowest BCUT2D eigenvalue weighted by atomic mass is 10.0. The summed E-state index contributed by atoms with van der Waals surface area (Å²) in [6.45, 7) is 2.04. The van der Waals surface area contributed by atoms with E-state index in [2.05, 4.69) is 5.32 Å². The Balaban J connectivity index is 1.85. The van der Waals surface area contributed by atoms with Crippen LogP contribution in [0.25, 0.3) is 0 Å². The zero-order chi connectivity index (χ0) is 15.8. The van der Waals surface area contributed by atoms with Gasteiger partial charge in [0, 0.05) is 32.8 Å². The van der Waals surface area contributed by atoms with Gasteiger partial charge in [0.2, 0.25) is 0 Å². The smallest absolute Gasteiger partial charge is 0.317 e. The average molecular weight is 306 g/mol. The standard InChI is InChI=1S/C17H26N2O3/c1-22-13-15-7-5-14(6-8-15)12-18-17(21)19-10-3-2-4-16(19)9-11-20/h5-8,16,20H,2-4,9-13H2,1H3,(H,18,21). The van der Waals surface area contributed by atoms with Gasteiger partial charge in [0.25, 0.3) is 0 Å². The molecule has 122 valence electrons. The molecule has 1 atom stereocenters. The second-order valence-electron chi connectivity index (χ2n) is 5.76. The summed E-state index contributed by atoms with van der Waals surface area (Å²) in [6, 6.07) is 8.19. The summed E-state index contributed by atoms with van der Waals surface area (Å²) in [5.41, 5.74) is 2.19. The normalized spacial score (nSPS) is 18.3. The Morgan fingerprint density at radius 1 is 1.32 bits per heavy atom. The first-order valence-electron chi connectivity index (χ1n) is 7.96. The molecule has 22 heavy (non-hydrogen) atoms. The van der Waals surface area contributed by atoms with Crippen molar-refractivity contribution in [2.45, 2.75) is 44.9 Å². The van der Waals surface area contributed by atoms with Crippen molar-refractivity contribution in [3.8, 4) is 0 Å². The molecule has 1 aliphatic heterocycles. The molecular formula is C17H26N2O3. The quantitative estimate of drug-likeness (QED) is 0.847. The fraction of sp³-hybridized carbons (Fsp3) is 0.588. The van der Waals surface area contributed by atoms with E-state index in [0.717, 1.165) is 36.9 Å². The maximum absolute atomic E-state index is 12.3. The lowest BCUT2D eigenvalue weighted by Crippen LogP contribution is -2.48. The number of piperidine rings is 1. The number of ether oxygens (including phenoxy) is 1. The summed E-state index contributed by atoms with van der Waals surface area (Å²) in [6.07, 6.45) is 3.83. The highest BCUT2D eigenvalue weighted by atomic mass is 16.5. The topological polar surface area (TPSA) is 61.8 Å². The number of rotatable bonds is 6. The molecule has 0 radical (unpaired) electrons. The molecule has 1 aromatic rings. The Morgan fingerprint density at radius 3 is 2.73 bits per heavy atom. The molecule has 0 aliphatic carbocycles. The van der Waals surface area contributed by atoms with Gasteiger partial charge in [-0.25, -0.2) is 4.79 Å². The second kappa shape index (κ2) is 8.76. The summed E-state index contributed by atoms with van der Waals surface area (Å²) in [5.74, 6) is 0. The molecule has 5 heteroatoms. The Kier molecular flexibility index (Phi) is 6.68. The zero-order valence-corrected chi connectivity index (χ0v) is 13.3. The van der Waals surface area contributed by atoms with Crippen LogP contribution in [0.3, 0.4) is 0 Å². The van der Waals surface area contributed by atoms with E-state index in [0.29, 0.717) is 19.6 Å². The number of carbonyl (C=O) groups excluding carboxylic acids is 1. The molecule has 0 spiro atoms. The van der Waals surface area contributed by atoms with Gasteiger partial charge in [-0.1, -0.05) is 24.3 Å². The first-order chi connectivity index (χ1) is 10.7. The van der Waals surface area contributed by atoms with Crippen LogP contribution >= 0.6 is 0 Å². The lowest BCUT2D eigenvalue weighted by molar-refractivity contribution is 0.131. The summed E-state index contributed by atoms with van der Waals surface area (Å²) >= 11 is 0. The van der Waals surface area contributed by atoms with Gasteiger partial charge in [-0.2, -0.15) is 0 Å². The van der Waals surface area contributed by atoms with E-state index in [1.54, 1.807) is 7.11 Å². The van der Waals surface area contributed by atoms with Crippen molar-refractivity contribution in [2.24, 2.45) is 0 Å². The highest BCUT2D eigenvalue weighted by molar-refractivity contribution is 5.74. The average Bonchev–Trinajstić information content (AvgIpc) is 2.55. The van der Waals surface area contributed by atoms with Crippen molar-refractivity contribution < 1.29 is 14.6 Å². The predicted molar refractivity (Wildman–Crippen MR) is 85.4 cm³/mol. The maximum atomic E-state index is 12.3. The molecule has 2 amide bonds. The molecule has 0 aromatic heterocycles. The summed E-state index contributed by atoms with van der Waals surface area (Å²) in [5, 5.41) is 12.1. The summed E-state index contributed by atoms with van der Waals surface area (Å²) in [7, 11) is 1.68. The first kappa shape index (κ1) is 16.8. The molecule has 2 N–H and O–H groups in total. The number of urea groups is 1. The minimum atomic E-state index is -0.0286. The van der Waals surface area contributed by atoms with Crippen LogP contribution in [0, 0.1) is 0 Å². The lowest BCUT2D eigenvalue weighted by Gasteiger charge is -2.35. The molecule has 1 unspecified atom stereocenters. The van der Waals surface area contributed by atoms with Crippen molar-refractivity contribution >= 4 is 6.03 Å². The number of nitrogens with one attached hydrogen (secondary N) is 1. The van der Waals surface area contributed by atoms with Gasteiger partial charge < -0.3 is 20.1 Å². The molecular weight excluding hydrogens is 280 g/mol. The molecule has 1 aliphatic rings. The monoisotopic (exact) mass is 306 g/mol. The molecule has 5 nitrogen and oxygen atoms in total. The minimum Gasteiger partial charge on any atom is -0.396 e. The fourth-order valence-corrected chi connectivity index (χ4v) is 2.92. The van der Waals surface area contributed by atoms with E-state index in [4.69, 9.17) is 9.84 Å². The summed E-state index contributed by atoms with van der Waals surface area (Å²) < 4.78 is 5.08. The van der Waals surface area contributed by atoms with Crippen LogP contribution in [0.1, 0.15) is 36.8 Å². The third-order valence-corrected chi connectivity index (χ3v) is 4.13. The number of aliphatic hydroxyl groups excluding tert-OH is 1. The Hall–Kier alpha value is -1.59. The van der Waals surface area contributed by atoms with Crippen LogP contribution in [0.5, 0.6) is 0 Å². The van der Waals surface area contributed by atoms with Crippen LogP contribution < -0.4 is 5.32 Å². The van der Waals surface area contributed by atoms with Crippen LogP contribution in [0.2, 0.25) is 0 Å². The third-order valence-electron chi connectivity index (χ3n) is 4.13. The van der Waals surface area contributed by atoms with E-state index in [-0.39, 0.29) is 18.7 Å². The van der Waals surface area contributed by atoms with Crippen molar-refractivity contribution in [2.75, 3.05) is 20.3 Å². The van der Waals surface area contributed by atoms with Crippen molar-refractivity contribution in [1.29, 1.82) is 0 Å². The number of likely N-dealkylation sites (tertiary alicyclic amines) is 1. The molecule has 0 bridgehead atoms. The van der Waals surface area contributed by atoms with Crippen molar-refractivity contribution in [1.82, 2.24) is 10.2 Å². The molecule has 1 heterocycles. The Labute approximate surface area is 132 Å². The molecule has 1 fully saturated rings. The van der Waals surface area contributed by atoms with Gasteiger partial charge in [-0.3, -0.25) is 0 Å². The van der Waals surface area contributed by atoms with Gasteiger partial charge in [0.15, 0.2) is 0 Å². The highest BCUT2D eigenvalue weighted by Crippen LogP contribution is 2.19. The highest BCUT2D eigenvalue weighted by Gasteiger charge is 2.25. The van der Waals surface area contributed by atoms with E-state index in [9.17, 15) is 4.79 Å². The van der Waals surface area contributed by atoms with E-state index in [1.165, 1.54) is 0 Å². The Morgan fingerprint density at radius 2 is 2.05 bits per heavy atom. The van der Waals surface area contributed by atoms with E-state index < -0.39 is 0 Å². The largest absolute Gasteiger partial charge is 0.396 e. The molecule has 0 saturated carbocycles.